The number of nitrogens with one attached hydrogen (secondary N) is 2. The van der Waals surface area contributed by atoms with Crippen molar-refractivity contribution in [3.8, 4) is 0 Å². The molecule has 0 fully saturated rings. The predicted molar refractivity (Wildman–Crippen MR) is 92.7 cm³/mol. The Hall–Kier alpha value is -1.63. The van der Waals surface area contributed by atoms with Gasteiger partial charge in [-0.2, -0.15) is 0 Å². The first kappa shape index (κ1) is 19.4. The minimum atomic E-state index is -1.00. The van der Waals surface area contributed by atoms with E-state index in [-0.39, 0.29) is 6.54 Å². The molecule has 0 aliphatic rings. The van der Waals surface area contributed by atoms with Gasteiger partial charge in [0.15, 0.2) is 5.96 Å². The van der Waals surface area contributed by atoms with Gasteiger partial charge in [0.05, 0.1) is 26.4 Å². The van der Waals surface area contributed by atoms with Crippen molar-refractivity contribution in [3.05, 3.63) is 35.9 Å². The predicted octanol–water partition coefficient (Wildman–Crippen LogP) is 1.11. The molecule has 0 aliphatic heterocycles. The second-order valence-corrected chi connectivity index (χ2v) is 5.37. The highest BCUT2D eigenvalue weighted by atomic mass is 16.5. The lowest BCUT2D eigenvalue weighted by Gasteiger charge is -2.22. The first-order chi connectivity index (χ1) is 11.1. The van der Waals surface area contributed by atoms with Gasteiger partial charge in [-0.3, -0.25) is 0 Å². The molecule has 1 rings (SSSR count). The van der Waals surface area contributed by atoms with E-state index in [1.807, 2.05) is 37.3 Å². The lowest BCUT2D eigenvalue weighted by molar-refractivity contribution is 0.0670. The van der Waals surface area contributed by atoms with Crippen LogP contribution in [0.3, 0.4) is 0 Å². The number of methoxy groups -OCH3 is 1. The Bertz CT molecular complexity index is 450. The molecule has 0 aliphatic carbocycles. The zero-order valence-corrected chi connectivity index (χ0v) is 14.3. The van der Waals surface area contributed by atoms with Crippen molar-refractivity contribution in [1.29, 1.82) is 0 Å². The number of aliphatic imine (C=N–C) groups is 1. The molecule has 130 valence electrons. The standard InChI is InChI=1S/C17H29N3O3/c1-4-18-16(19-10-11-23-13-12-22-3)20-14-17(2,21)15-8-6-5-7-9-15/h5-9,21H,4,10-14H2,1-3H3,(H2,18,19,20). The Labute approximate surface area is 138 Å². The van der Waals surface area contributed by atoms with E-state index in [1.54, 1.807) is 14.0 Å². The molecule has 3 N–H and O–H groups in total. The lowest BCUT2D eigenvalue weighted by Crippen LogP contribution is -2.40. The van der Waals surface area contributed by atoms with E-state index in [2.05, 4.69) is 15.6 Å². The molecule has 6 heteroatoms. The molecule has 0 spiro atoms. The van der Waals surface area contributed by atoms with Crippen LogP contribution in [0.25, 0.3) is 0 Å². The number of hydrogen-bond donors (Lipinski definition) is 3. The highest BCUT2D eigenvalue weighted by Crippen LogP contribution is 2.20. The van der Waals surface area contributed by atoms with Gasteiger partial charge in [-0.15, -0.1) is 0 Å². The van der Waals surface area contributed by atoms with Crippen LogP contribution in [0.2, 0.25) is 0 Å². The summed E-state index contributed by atoms with van der Waals surface area (Å²) in [6, 6.07) is 9.56. The second-order valence-electron chi connectivity index (χ2n) is 5.37. The van der Waals surface area contributed by atoms with Crippen LogP contribution in [0.1, 0.15) is 19.4 Å². The molecule has 6 nitrogen and oxygen atoms in total. The molecule has 1 aromatic carbocycles. The minimum absolute atomic E-state index is 0.275. The maximum Gasteiger partial charge on any atom is 0.191 e. The number of benzene rings is 1. The highest BCUT2D eigenvalue weighted by Gasteiger charge is 2.22. The van der Waals surface area contributed by atoms with Gasteiger partial charge in [0.1, 0.15) is 5.60 Å². The molecular formula is C17H29N3O3. The van der Waals surface area contributed by atoms with Crippen molar-refractivity contribution in [3.63, 3.8) is 0 Å². The van der Waals surface area contributed by atoms with Gasteiger partial charge >= 0.3 is 0 Å². The summed E-state index contributed by atoms with van der Waals surface area (Å²) < 4.78 is 10.3. The summed E-state index contributed by atoms with van der Waals surface area (Å²) in [5.41, 5.74) is -0.152. The van der Waals surface area contributed by atoms with Crippen LogP contribution in [-0.4, -0.2) is 57.6 Å². The molecule has 1 atom stereocenters. The van der Waals surface area contributed by atoms with Crippen molar-refractivity contribution in [2.45, 2.75) is 19.4 Å². The highest BCUT2D eigenvalue weighted by molar-refractivity contribution is 5.79. The number of guanidine groups is 1. The minimum Gasteiger partial charge on any atom is -0.384 e. The summed E-state index contributed by atoms with van der Waals surface area (Å²) in [4.78, 5) is 4.46. The SMILES string of the molecule is CCNC(=NCC(C)(O)c1ccccc1)NCCOCCOC. The molecule has 0 saturated carbocycles. The zero-order valence-electron chi connectivity index (χ0n) is 14.3. The Morgan fingerprint density at radius 3 is 2.57 bits per heavy atom. The van der Waals surface area contributed by atoms with Crippen molar-refractivity contribution < 1.29 is 14.6 Å². The fourth-order valence-corrected chi connectivity index (χ4v) is 1.95. The van der Waals surface area contributed by atoms with Gasteiger partial charge in [-0.1, -0.05) is 30.3 Å². The number of rotatable bonds is 10. The Morgan fingerprint density at radius 2 is 1.91 bits per heavy atom. The van der Waals surface area contributed by atoms with E-state index in [0.29, 0.717) is 32.3 Å². The molecule has 0 heterocycles. The average Bonchev–Trinajstić information content (AvgIpc) is 2.56. The fraction of sp³-hybridized carbons (Fsp3) is 0.588. The third-order valence-electron chi connectivity index (χ3n) is 3.26. The van der Waals surface area contributed by atoms with Gasteiger partial charge in [-0.25, -0.2) is 4.99 Å². The van der Waals surface area contributed by atoms with Crippen LogP contribution in [-0.2, 0) is 15.1 Å². The Balaban J connectivity index is 2.47. The van der Waals surface area contributed by atoms with Gasteiger partial charge in [0.25, 0.3) is 0 Å². The number of nitrogens with zero attached hydrogens (tertiary/aromatic N) is 1. The van der Waals surface area contributed by atoms with Crippen molar-refractivity contribution >= 4 is 5.96 Å². The van der Waals surface area contributed by atoms with Gasteiger partial charge < -0.3 is 25.2 Å². The summed E-state index contributed by atoms with van der Waals surface area (Å²) >= 11 is 0. The number of hydrogen-bond acceptors (Lipinski definition) is 4. The van der Waals surface area contributed by atoms with E-state index < -0.39 is 5.60 Å². The zero-order chi connectivity index (χ0) is 17.0. The van der Waals surface area contributed by atoms with Crippen LogP contribution >= 0.6 is 0 Å². The molecule has 1 unspecified atom stereocenters. The Morgan fingerprint density at radius 1 is 1.17 bits per heavy atom. The summed E-state index contributed by atoms with van der Waals surface area (Å²) in [7, 11) is 1.65. The van der Waals surface area contributed by atoms with E-state index >= 15 is 0 Å². The molecule has 0 bridgehead atoms. The maximum absolute atomic E-state index is 10.6. The first-order valence-corrected chi connectivity index (χ1v) is 7.97. The van der Waals surface area contributed by atoms with Gasteiger partial charge in [-0.05, 0) is 19.4 Å². The summed E-state index contributed by atoms with van der Waals surface area (Å²) in [5.74, 6) is 0.666. The van der Waals surface area contributed by atoms with Crippen molar-refractivity contribution in [1.82, 2.24) is 10.6 Å². The van der Waals surface area contributed by atoms with Crippen LogP contribution in [0, 0.1) is 0 Å². The maximum atomic E-state index is 10.6. The smallest absolute Gasteiger partial charge is 0.191 e. The monoisotopic (exact) mass is 323 g/mol. The van der Waals surface area contributed by atoms with E-state index in [1.165, 1.54) is 0 Å². The van der Waals surface area contributed by atoms with E-state index in [9.17, 15) is 5.11 Å². The van der Waals surface area contributed by atoms with E-state index in [0.717, 1.165) is 12.1 Å². The first-order valence-electron chi connectivity index (χ1n) is 7.97. The van der Waals surface area contributed by atoms with Crippen molar-refractivity contribution in [2.24, 2.45) is 4.99 Å². The summed E-state index contributed by atoms with van der Waals surface area (Å²) in [6.07, 6.45) is 0. The molecular weight excluding hydrogens is 294 g/mol. The molecule has 0 saturated heterocycles. The number of aliphatic hydroxyl groups is 1. The van der Waals surface area contributed by atoms with Crippen LogP contribution < -0.4 is 10.6 Å². The van der Waals surface area contributed by atoms with Crippen LogP contribution in [0.15, 0.2) is 35.3 Å². The number of ether oxygens (including phenoxy) is 2. The average molecular weight is 323 g/mol. The quantitative estimate of drug-likeness (QED) is 0.342. The normalized spacial score (nSPS) is 14.3. The second kappa shape index (κ2) is 11.0. The third-order valence-corrected chi connectivity index (χ3v) is 3.26. The van der Waals surface area contributed by atoms with Crippen LogP contribution in [0.4, 0.5) is 0 Å². The largest absolute Gasteiger partial charge is 0.384 e. The molecule has 0 aromatic heterocycles. The van der Waals surface area contributed by atoms with Gasteiger partial charge in [0.2, 0.25) is 0 Å². The molecule has 23 heavy (non-hydrogen) atoms. The lowest BCUT2D eigenvalue weighted by atomic mass is 9.96. The van der Waals surface area contributed by atoms with Gasteiger partial charge in [0, 0.05) is 20.2 Å². The third kappa shape index (κ3) is 7.97. The summed E-state index contributed by atoms with van der Waals surface area (Å²) in [6.45, 7) is 7.18. The molecule has 0 amide bonds. The fourth-order valence-electron chi connectivity index (χ4n) is 1.95. The van der Waals surface area contributed by atoms with Crippen LogP contribution in [0.5, 0.6) is 0 Å². The topological polar surface area (TPSA) is 75.1 Å². The molecule has 0 radical (unpaired) electrons. The Kier molecular flexibility index (Phi) is 9.28. The van der Waals surface area contributed by atoms with Crippen molar-refractivity contribution in [2.75, 3.05) is 46.6 Å². The summed E-state index contributed by atoms with van der Waals surface area (Å²) in [5, 5.41) is 16.9. The molecule has 1 aromatic rings. The van der Waals surface area contributed by atoms with E-state index in [4.69, 9.17) is 9.47 Å².